The lowest BCUT2D eigenvalue weighted by molar-refractivity contribution is -0.152. The second-order valence-corrected chi connectivity index (χ2v) is 6.75. The SMILES string of the molecule is CCOC(=O)C1CCN(C(=O)C(=O)NCCc2cc(C)ccc2C)CC1. The van der Waals surface area contributed by atoms with Gasteiger partial charge in [0.2, 0.25) is 0 Å². The minimum absolute atomic E-state index is 0.175. The Balaban J connectivity index is 1.77. The molecule has 0 saturated carbocycles. The number of piperidine rings is 1. The van der Waals surface area contributed by atoms with E-state index in [9.17, 15) is 14.4 Å². The average Bonchev–Trinajstić information content (AvgIpc) is 2.64. The molecule has 0 atom stereocenters. The van der Waals surface area contributed by atoms with Crippen LogP contribution >= 0.6 is 0 Å². The van der Waals surface area contributed by atoms with Crippen molar-refractivity contribution in [3.63, 3.8) is 0 Å². The Kier molecular flexibility index (Phi) is 7.18. The molecule has 1 aromatic carbocycles. The van der Waals surface area contributed by atoms with E-state index in [2.05, 4.69) is 23.5 Å². The molecule has 0 spiro atoms. The second kappa shape index (κ2) is 9.36. The number of hydrogen-bond donors (Lipinski definition) is 1. The van der Waals surface area contributed by atoms with Gasteiger partial charge in [0, 0.05) is 19.6 Å². The van der Waals surface area contributed by atoms with Gasteiger partial charge in [0.05, 0.1) is 12.5 Å². The molecule has 0 aromatic heterocycles. The van der Waals surface area contributed by atoms with Gasteiger partial charge in [-0.05, 0) is 51.2 Å². The highest BCUT2D eigenvalue weighted by Crippen LogP contribution is 2.18. The molecule has 26 heavy (non-hydrogen) atoms. The van der Waals surface area contributed by atoms with Gasteiger partial charge in [-0.25, -0.2) is 0 Å². The molecule has 2 rings (SSSR count). The lowest BCUT2D eigenvalue weighted by Crippen LogP contribution is -2.47. The standard InChI is InChI=1S/C20H28N2O4/c1-4-26-20(25)16-8-11-22(12-9-16)19(24)18(23)21-10-7-17-13-14(2)5-6-15(17)3/h5-6,13,16H,4,7-12H2,1-3H3,(H,21,23). The summed E-state index contributed by atoms with van der Waals surface area (Å²) in [5.74, 6) is -1.48. The van der Waals surface area contributed by atoms with Crippen molar-refractivity contribution >= 4 is 17.8 Å². The van der Waals surface area contributed by atoms with Crippen molar-refractivity contribution in [2.45, 2.75) is 40.0 Å². The number of aryl methyl sites for hydroxylation is 2. The van der Waals surface area contributed by atoms with Crippen molar-refractivity contribution in [2.24, 2.45) is 5.92 Å². The fourth-order valence-corrected chi connectivity index (χ4v) is 3.18. The number of nitrogens with zero attached hydrogens (tertiary/aromatic N) is 1. The summed E-state index contributed by atoms with van der Waals surface area (Å²) < 4.78 is 5.02. The summed E-state index contributed by atoms with van der Waals surface area (Å²) in [5, 5.41) is 2.71. The first kappa shape index (κ1) is 19.9. The van der Waals surface area contributed by atoms with Crippen LogP contribution in [-0.4, -0.2) is 48.9 Å². The zero-order valence-electron chi connectivity index (χ0n) is 15.8. The predicted molar refractivity (Wildman–Crippen MR) is 98.6 cm³/mol. The van der Waals surface area contributed by atoms with E-state index in [0.29, 0.717) is 45.5 Å². The first-order chi connectivity index (χ1) is 12.4. The maximum Gasteiger partial charge on any atom is 0.311 e. The zero-order valence-corrected chi connectivity index (χ0v) is 15.8. The van der Waals surface area contributed by atoms with E-state index in [-0.39, 0.29) is 11.9 Å². The van der Waals surface area contributed by atoms with Gasteiger partial charge in [0.1, 0.15) is 0 Å². The average molecular weight is 360 g/mol. The number of nitrogens with one attached hydrogen (secondary N) is 1. The van der Waals surface area contributed by atoms with Gasteiger partial charge in [-0.1, -0.05) is 23.8 Å². The van der Waals surface area contributed by atoms with Crippen molar-refractivity contribution in [1.82, 2.24) is 10.2 Å². The van der Waals surface area contributed by atoms with Crippen molar-refractivity contribution in [2.75, 3.05) is 26.2 Å². The molecule has 6 nitrogen and oxygen atoms in total. The number of likely N-dealkylation sites (tertiary alicyclic amines) is 1. The molecule has 0 radical (unpaired) electrons. The molecule has 0 unspecified atom stereocenters. The van der Waals surface area contributed by atoms with Crippen LogP contribution in [0, 0.1) is 19.8 Å². The molecular weight excluding hydrogens is 332 g/mol. The van der Waals surface area contributed by atoms with Gasteiger partial charge >= 0.3 is 17.8 Å². The van der Waals surface area contributed by atoms with Gasteiger partial charge < -0.3 is 15.0 Å². The van der Waals surface area contributed by atoms with Crippen LogP contribution in [0.1, 0.15) is 36.5 Å². The summed E-state index contributed by atoms with van der Waals surface area (Å²) in [5.41, 5.74) is 3.53. The third-order valence-electron chi connectivity index (χ3n) is 4.78. The number of ether oxygens (including phenoxy) is 1. The number of hydrogen-bond acceptors (Lipinski definition) is 4. The number of amides is 2. The Labute approximate surface area is 154 Å². The van der Waals surface area contributed by atoms with E-state index in [1.54, 1.807) is 6.92 Å². The van der Waals surface area contributed by atoms with Gasteiger partial charge in [-0.15, -0.1) is 0 Å². The summed E-state index contributed by atoms with van der Waals surface area (Å²) in [4.78, 5) is 37.6. The summed E-state index contributed by atoms with van der Waals surface area (Å²) in [6, 6.07) is 6.22. The maximum absolute atomic E-state index is 12.3. The summed E-state index contributed by atoms with van der Waals surface area (Å²) in [6.45, 7) is 7.45. The second-order valence-electron chi connectivity index (χ2n) is 6.75. The highest BCUT2D eigenvalue weighted by atomic mass is 16.5. The smallest absolute Gasteiger partial charge is 0.311 e. The molecule has 1 heterocycles. The van der Waals surface area contributed by atoms with E-state index in [0.717, 1.165) is 0 Å². The van der Waals surface area contributed by atoms with E-state index >= 15 is 0 Å². The van der Waals surface area contributed by atoms with Crippen LogP contribution in [0.5, 0.6) is 0 Å². The van der Waals surface area contributed by atoms with Crippen molar-refractivity contribution in [3.05, 3.63) is 34.9 Å². The van der Waals surface area contributed by atoms with Crippen LogP contribution in [0.2, 0.25) is 0 Å². The van der Waals surface area contributed by atoms with E-state index < -0.39 is 11.8 Å². The molecule has 142 valence electrons. The highest BCUT2D eigenvalue weighted by Gasteiger charge is 2.30. The van der Waals surface area contributed by atoms with E-state index in [1.165, 1.54) is 21.6 Å². The number of benzene rings is 1. The number of esters is 1. The van der Waals surface area contributed by atoms with Crippen LogP contribution in [0.25, 0.3) is 0 Å². The summed E-state index contributed by atoms with van der Waals surface area (Å²) in [7, 11) is 0. The Bertz CT molecular complexity index is 664. The molecule has 0 aliphatic carbocycles. The first-order valence-electron chi connectivity index (χ1n) is 9.22. The largest absolute Gasteiger partial charge is 0.466 e. The van der Waals surface area contributed by atoms with Crippen LogP contribution in [0.3, 0.4) is 0 Å². The van der Waals surface area contributed by atoms with Gasteiger partial charge in [0.15, 0.2) is 0 Å². The molecule has 1 aromatic rings. The summed E-state index contributed by atoms with van der Waals surface area (Å²) in [6.07, 6.45) is 1.78. The quantitative estimate of drug-likeness (QED) is 0.641. The van der Waals surface area contributed by atoms with Crippen molar-refractivity contribution in [1.29, 1.82) is 0 Å². The lowest BCUT2D eigenvalue weighted by atomic mass is 9.97. The topological polar surface area (TPSA) is 75.7 Å². The van der Waals surface area contributed by atoms with E-state index in [1.807, 2.05) is 13.8 Å². The monoisotopic (exact) mass is 360 g/mol. The third kappa shape index (κ3) is 5.31. The molecule has 1 aliphatic rings. The van der Waals surface area contributed by atoms with E-state index in [4.69, 9.17) is 4.74 Å². The minimum atomic E-state index is -0.579. The van der Waals surface area contributed by atoms with Crippen LogP contribution in [0.15, 0.2) is 18.2 Å². The van der Waals surface area contributed by atoms with Gasteiger partial charge in [-0.3, -0.25) is 14.4 Å². The number of carbonyl (C=O) groups is 3. The molecule has 1 saturated heterocycles. The maximum atomic E-state index is 12.3. The Hall–Kier alpha value is -2.37. The van der Waals surface area contributed by atoms with Crippen molar-refractivity contribution < 1.29 is 19.1 Å². The fourth-order valence-electron chi connectivity index (χ4n) is 3.18. The normalized spacial score (nSPS) is 14.8. The van der Waals surface area contributed by atoms with Gasteiger partial charge in [-0.2, -0.15) is 0 Å². The molecule has 1 N–H and O–H groups in total. The zero-order chi connectivity index (χ0) is 19.1. The number of rotatable bonds is 5. The Morgan fingerprint density at radius 3 is 2.54 bits per heavy atom. The molecule has 1 aliphatic heterocycles. The molecule has 6 heteroatoms. The lowest BCUT2D eigenvalue weighted by Gasteiger charge is -2.30. The first-order valence-corrected chi connectivity index (χ1v) is 9.22. The van der Waals surface area contributed by atoms with Crippen LogP contribution in [0.4, 0.5) is 0 Å². The van der Waals surface area contributed by atoms with Crippen molar-refractivity contribution in [3.8, 4) is 0 Å². The number of carbonyl (C=O) groups excluding carboxylic acids is 3. The fraction of sp³-hybridized carbons (Fsp3) is 0.550. The molecule has 2 amide bonds. The Morgan fingerprint density at radius 2 is 1.88 bits per heavy atom. The van der Waals surface area contributed by atoms with Crippen LogP contribution in [-0.2, 0) is 25.5 Å². The molecular formula is C20H28N2O4. The summed E-state index contributed by atoms with van der Waals surface area (Å²) >= 11 is 0. The molecule has 1 fully saturated rings. The van der Waals surface area contributed by atoms with Crippen LogP contribution < -0.4 is 5.32 Å². The third-order valence-corrected chi connectivity index (χ3v) is 4.78. The minimum Gasteiger partial charge on any atom is -0.466 e. The molecule has 0 bridgehead atoms. The van der Waals surface area contributed by atoms with Gasteiger partial charge in [0.25, 0.3) is 0 Å². The predicted octanol–water partition coefficient (Wildman–Crippen LogP) is 1.76. The highest BCUT2D eigenvalue weighted by molar-refractivity contribution is 6.35. The Morgan fingerprint density at radius 1 is 1.19 bits per heavy atom.